The molecule has 1 heterocycles. The summed E-state index contributed by atoms with van der Waals surface area (Å²) in [6.45, 7) is 0. The Hall–Kier alpha value is -1.03. The minimum atomic E-state index is -2.52. The molecule has 1 aromatic heterocycles. The van der Waals surface area contributed by atoms with Gasteiger partial charge >= 0.3 is 0 Å². The summed E-state index contributed by atoms with van der Waals surface area (Å²) < 4.78 is 24.7. The average Bonchev–Trinajstić information content (AvgIpc) is 2.14. The van der Waals surface area contributed by atoms with Crippen LogP contribution in [0.5, 0.6) is 0 Å². The molecular weight excluding hydrogens is 186 g/mol. The predicted molar refractivity (Wildman–Crippen MR) is 48.9 cm³/mol. The van der Waals surface area contributed by atoms with Gasteiger partial charge in [-0.3, -0.25) is 4.98 Å². The Morgan fingerprint density at radius 1 is 1.43 bits per heavy atom. The van der Waals surface area contributed by atoms with Crippen LogP contribution in [0.4, 0.5) is 8.78 Å². The lowest BCUT2D eigenvalue weighted by Crippen LogP contribution is -2.43. The van der Waals surface area contributed by atoms with Crippen molar-refractivity contribution in [2.45, 2.75) is 31.2 Å². The standard InChI is InChI=1S/C10H12F2N2/c11-9(12)8-6-7(2-5-14-8)10(13)3-1-4-10/h2,5-6,9H,1,3-4,13H2. The number of rotatable bonds is 2. The Balaban J connectivity index is 2.30. The van der Waals surface area contributed by atoms with E-state index in [2.05, 4.69) is 4.98 Å². The smallest absolute Gasteiger partial charge is 0.280 e. The summed E-state index contributed by atoms with van der Waals surface area (Å²) in [7, 11) is 0. The van der Waals surface area contributed by atoms with Crippen LogP contribution in [0, 0.1) is 0 Å². The molecule has 0 aliphatic heterocycles. The van der Waals surface area contributed by atoms with Crippen LogP contribution in [0.25, 0.3) is 0 Å². The molecule has 2 rings (SSSR count). The first-order chi connectivity index (χ1) is 6.62. The highest BCUT2D eigenvalue weighted by Crippen LogP contribution is 2.39. The highest BCUT2D eigenvalue weighted by molar-refractivity contribution is 5.27. The summed E-state index contributed by atoms with van der Waals surface area (Å²) in [5.41, 5.74) is 6.24. The average molecular weight is 198 g/mol. The van der Waals surface area contributed by atoms with E-state index < -0.39 is 6.43 Å². The van der Waals surface area contributed by atoms with Crippen LogP contribution in [-0.2, 0) is 5.54 Å². The second kappa shape index (κ2) is 3.28. The van der Waals surface area contributed by atoms with Gasteiger partial charge in [-0.25, -0.2) is 8.78 Å². The lowest BCUT2D eigenvalue weighted by Gasteiger charge is -2.38. The Bertz CT molecular complexity index is 335. The van der Waals surface area contributed by atoms with Gasteiger partial charge in [0.05, 0.1) is 0 Å². The van der Waals surface area contributed by atoms with Gasteiger partial charge in [0.1, 0.15) is 5.69 Å². The van der Waals surface area contributed by atoms with Gasteiger partial charge in [-0.15, -0.1) is 0 Å². The van der Waals surface area contributed by atoms with E-state index in [1.54, 1.807) is 6.07 Å². The van der Waals surface area contributed by atoms with Crippen LogP contribution in [0.3, 0.4) is 0 Å². The minimum Gasteiger partial charge on any atom is -0.321 e. The zero-order valence-corrected chi connectivity index (χ0v) is 7.71. The van der Waals surface area contributed by atoms with E-state index in [4.69, 9.17) is 5.73 Å². The third kappa shape index (κ3) is 1.50. The first-order valence-corrected chi connectivity index (χ1v) is 4.65. The molecule has 0 bridgehead atoms. The summed E-state index contributed by atoms with van der Waals surface area (Å²) in [6, 6.07) is 3.15. The van der Waals surface area contributed by atoms with Gasteiger partial charge in [0.2, 0.25) is 0 Å². The normalized spacial score (nSPS) is 19.4. The molecule has 0 atom stereocenters. The summed E-state index contributed by atoms with van der Waals surface area (Å²) in [5, 5.41) is 0. The summed E-state index contributed by atoms with van der Waals surface area (Å²) in [4.78, 5) is 3.61. The molecule has 1 aromatic rings. The lowest BCUT2D eigenvalue weighted by molar-refractivity contribution is 0.145. The number of hydrogen-bond donors (Lipinski definition) is 1. The molecule has 2 nitrogen and oxygen atoms in total. The van der Waals surface area contributed by atoms with Crippen molar-refractivity contribution in [2.75, 3.05) is 0 Å². The molecule has 2 N–H and O–H groups in total. The third-order valence-electron chi connectivity index (χ3n) is 2.83. The molecule has 14 heavy (non-hydrogen) atoms. The number of hydrogen-bond acceptors (Lipinski definition) is 2. The molecule has 0 spiro atoms. The summed E-state index contributed by atoms with van der Waals surface area (Å²) in [6.07, 6.45) is 1.71. The Kier molecular flexibility index (Phi) is 2.23. The summed E-state index contributed by atoms with van der Waals surface area (Å²) >= 11 is 0. The highest BCUT2D eigenvalue weighted by Gasteiger charge is 2.34. The van der Waals surface area contributed by atoms with Crippen LogP contribution in [0.1, 0.15) is 36.9 Å². The van der Waals surface area contributed by atoms with Crippen LogP contribution in [-0.4, -0.2) is 4.98 Å². The van der Waals surface area contributed by atoms with Gasteiger partial charge in [0, 0.05) is 11.7 Å². The zero-order valence-electron chi connectivity index (χ0n) is 7.71. The number of aromatic nitrogens is 1. The van der Waals surface area contributed by atoms with Crippen molar-refractivity contribution in [3.63, 3.8) is 0 Å². The second-order valence-electron chi connectivity index (χ2n) is 3.78. The molecular formula is C10H12F2N2. The van der Waals surface area contributed by atoms with E-state index in [0.29, 0.717) is 0 Å². The van der Waals surface area contributed by atoms with E-state index in [0.717, 1.165) is 24.8 Å². The molecule has 1 fully saturated rings. The van der Waals surface area contributed by atoms with E-state index >= 15 is 0 Å². The number of pyridine rings is 1. The largest absolute Gasteiger partial charge is 0.321 e. The maximum Gasteiger partial charge on any atom is 0.280 e. The van der Waals surface area contributed by atoms with Crippen LogP contribution in [0.2, 0.25) is 0 Å². The van der Waals surface area contributed by atoms with Crippen molar-refractivity contribution in [1.29, 1.82) is 0 Å². The van der Waals surface area contributed by atoms with Gasteiger partial charge in [-0.1, -0.05) is 0 Å². The van der Waals surface area contributed by atoms with Crippen molar-refractivity contribution in [1.82, 2.24) is 4.98 Å². The van der Waals surface area contributed by atoms with E-state index in [1.165, 1.54) is 12.3 Å². The van der Waals surface area contributed by atoms with Gasteiger partial charge in [0.25, 0.3) is 6.43 Å². The molecule has 0 unspecified atom stereocenters. The molecule has 0 radical (unpaired) electrons. The number of nitrogens with two attached hydrogens (primary N) is 1. The Morgan fingerprint density at radius 2 is 2.14 bits per heavy atom. The SMILES string of the molecule is NC1(c2ccnc(C(F)F)c2)CCC1. The van der Waals surface area contributed by atoms with E-state index in [1.807, 2.05) is 0 Å². The van der Waals surface area contributed by atoms with Crippen molar-refractivity contribution in [3.05, 3.63) is 29.6 Å². The Labute approximate surface area is 81.1 Å². The van der Waals surface area contributed by atoms with E-state index in [-0.39, 0.29) is 11.2 Å². The van der Waals surface area contributed by atoms with Crippen molar-refractivity contribution < 1.29 is 8.78 Å². The quantitative estimate of drug-likeness (QED) is 0.792. The van der Waals surface area contributed by atoms with Crippen molar-refractivity contribution in [2.24, 2.45) is 5.73 Å². The van der Waals surface area contributed by atoms with Crippen LogP contribution < -0.4 is 5.73 Å². The third-order valence-corrected chi connectivity index (χ3v) is 2.83. The number of nitrogens with zero attached hydrogens (tertiary/aromatic N) is 1. The monoisotopic (exact) mass is 198 g/mol. The molecule has 0 saturated heterocycles. The second-order valence-corrected chi connectivity index (χ2v) is 3.78. The van der Waals surface area contributed by atoms with Gasteiger partial charge < -0.3 is 5.73 Å². The molecule has 1 aliphatic rings. The zero-order chi connectivity index (χ0) is 10.2. The fraction of sp³-hybridized carbons (Fsp3) is 0.500. The van der Waals surface area contributed by atoms with Gasteiger partial charge in [-0.05, 0) is 37.0 Å². The van der Waals surface area contributed by atoms with Crippen molar-refractivity contribution >= 4 is 0 Å². The molecule has 0 aromatic carbocycles. The minimum absolute atomic E-state index is 0.181. The molecule has 1 aliphatic carbocycles. The summed E-state index contributed by atoms with van der Waals surface area (Å²) in [5.74, 6) is 0. The topological polar surface area (TPSA) is 38.9 Å². The van der Waals surface area contributed by atoms with Gasteiger partial charge in [-0.2, -0.15) is 0 Å². The Morgan fingerprint density at radius 3 is 2.64 bits per heavy atom. The molecule has 0 amide bonds. The molecule has 1 saturated carbocycles. The predicted octanol–water partition coefficient (Wildman–Crippen LogP) is 2.36. The lowest BCUT2D eigenvalue weighted by atomic mass is 9.73. The fourth-order valence-electron chi connectivity index (χ4n) is 1.72. The van der Waals surface area contributed by atoms with E-state index in [9.17, 15) is 8.78 Å². The first kappa shape index (κ1) is 9.52. The van der Waals surface area contributed by atoms with Crippen LogP contribution >= 0.6 is 0 Å². The van der Waals surface area contributed by atoms with Crippen LogP contribution in [0.15, 0.2) is 18.3 Å². The molecule has 4 heteroatoms. The first-order valence-electron chi connectivity index (χ1n) is 4.65. The maximum absolute atomic E-state index is 12.4. The fourth-order valence-corrected chi connectivity index (χ4v) is 1.72. The van der Waals surface area contributed by atoms with Gasteiger partial charge in [0.15, 0.2) is 0 Å². The van der Waals surface area contributed by atoms with Crippen molar-refractivity contribution in [3.8, 4) is 0 Å². The number of alkyl halides is 2. The highest BCUT2D eigenvalue weighted by atomic mass is 19.3. The molecule has 76 valence electrons. The maximum atomic E-state index is 12.4. The number of halogens is 2.